The minimum atomic E-state index is -0.789. The van der Waals surface area contributed by atoms with Crippen molar-refractivity contribution >= 4 is 23.5 Å². The second-order valence-electron chi connectivity index (χ2n) is 4.55. The third-order valence-corrected chi connectivity index (χ3v) is 2.66. The second-order valence-corrected chi connectivity index (χ2v) is 4.55. The first-order valence-corrected chi connectivity index (χ1v) is 6.17. The van der Waals surface area contributed by atoms with E-state index in [1.165, 1.54) is 12.1 Å². The zero-order valence-electron chi connectivity index (χ0n) is 11.9. The van der Waals surface area contributed by atoms with E-state index >= 15 is 0 Å². The van der Waals surface area contributed by atoms with E-state index in [-0.39, 0.29) is 28.9 Å². The van der Waals surface area contributed by atoms with E-state index in [0.29, 0.717) is 0 Å². The van der Waals surface area contributed by atoms with Crippen molar-refractivity contribution in [3.05, 3.63) is 41.2 Å². The Bertz CT molecular complexity index is 779. The third-order valence-electron chi connectivity index (χ3n) is 2.66. The lowest BCUT2D eigenvalue weighted by Crippen LogP contribution is -2.15. The Morgan fingerprint density at radius 3 is 2.59 bits per heavy atom. The van der Waals surface area contributed by atoms with Crippen LogP contribution in [0.3, 0.4) is 0 Å². The first kappa shape index (κ1) is 15.3. The summed E-state index contributed by atoms with van der Waals surface area (Å²) >= 11 is 0. The molecule has 0 unspecified atom stereocenters. The maximum atomic E-state index is 13.7. The van der Waals surface area contributed by atoms with Gasteiger partial charge in [0.1, 0.15) is 17.7 Å². The molecule has 8 heteroatoms. The Morgan fingerprint density at radius 1 is 1.27 bits per heavy atom. The molecule has 0 saturated carbocycles. The van der Waals surface area contributed by atoms with Crippen molar-refractivity contribution in [1.29, 1.82) is 5.26 Å². The van der Waals surface area contributed by atoms with Crippen molar-refractivity contribution in [1.82, 2.24) is 15.0 Å². The average Bonchev–Trinajstić information content (AvgIpc) is 2.45. The first-order chi connectivity index (χ1) is 10.4. The highest BCUT2D eigenvalue weighted by Gasteiger charge is 2.12. The van der Waals surface area contributed by atoms with Crippen LogP contribution in [0.5, 0.6) is 0 Å². The van der Waals surface area contributed by atoms with Gasteiger partial charge in [-0.1, -0.05) is 0 Å². The largest absolute Gasteiger partial charge is 0.368 e. The maximum Gasteiger partial charge on any atom is 0.230 e. The summed E-state index contributed by atoms with van der Waals surface area (Å²) in [6, 6.07) is 4.92. The highest BCUT2D eigenvalue weighted by Crippen LogP contribution is 2.19. The smallest absolute Gasteiger partial charge is 0.230 e. The summed E-state index contributed by atoms with van der Waals surface area (Å²) in [5, 5.41) is 9.24. The van der Waals surface area contributed by atoms with Crippen molar-refractivity contribution in [3.63, 3.8) is 0 Å². The van der Waals surface area contributed by atoms with E-state index in [9.17, 15) is 14.0 Å². The molecule has 2 aromatic rings. The molecule has 1 heterocycles. The van der Waals surface area contributed by atoms with E-state index < -0.39 is 11.6 Å². The van der Waals surface area contributed by atoms with Crippen LogP contribution < -0.4 is 10.6 Å². The molecule has 0 saturated heterocycles. The Hall–Kier alpha value is -3.08. The second kappa shape index (κ2) is 6.13. The number of aromatic nitrogens is 3. The van der Waals surface area contributed by atoms with Gasteiger partial charge >= 0.3 is 0 Å². The number of benzene rings is 1. The van der Waals surface area contributed by atoms with Gasteiger partial charge in [0.25, 0.3) is 0 Å². The van der Waals surface area contributed by atoms with Crippen LogP contribution in [0.4, 0.5) is 20.7 Å². The fraction of sp³-hybridized carbons (Fsp3) is 0.143. The van der Waals surface area contributed by atoms with Crippen molar-refractivity contribution in [2.24, 2.45) is 0 Å². The molecule has 2 N–H and O–H groups in total. The number of nitrogens with two attached hydrogens (primary N) is 1. The fourth-order valence-corrected chi connectivity index (χ4v) is 1.62. The molecule has 0 radical (unpaired) electrons. The SMILES string of the molecule is CN(C)c1nc(N)nc(/C(C#N)=C/c2ccc(F)cc2F)n1. The first-order valence-electron chi connectivity index (χ1n) is 6.17. The van der Waals surface area contributed by atoms with Crippen molar-refractivity contribution in [2.75, 3.05) is 24.7 Å². The topological polar surface area (TPSA) is 91.7 Å². The van der Waals surface area contributed by atoms with Gasteiger partial charge in [-0.2, -0.15) is 20.2 Å². The monoisotopic (exact) mass is 302 g/mol. The minimum absolute atomic E-state index is 0.0114. The summed E-state index contributed by atoms with van der Waals surface area (Å²) < 4.78 is 26.6. The molecule has 2 rings (SSSR count). The van der Waals surface area contributed by atoms with Crippen LogP contribution in [-0.4, -0.2) is 29.0 Å². The summed E-state index contributed by atoms with van der Waals surface area (Å²) in [7, 11) is 3.40. The average molecular weight is 302 g/mol. The molecule has 112 valence electrons. The van der Waals surface area contributed by atoms with Crippen LogP contribution in [0.25, 0.3) is 11.6 Å². The molecule has 0 spiro atoms. The summed E-state index contributed by atoms with van der Waals surface area (Å²) in [5.74, 6) is -1.27. The van der Waals surface area contributed by atoms with E-state index in [0.717, 1.165) is 12.1 Å². The predicted octanol–water partition coefficient (Wildman–Crippen LogP) is 1.86. The molecule has 6 nitrogen and oxygen atoms in total. The van der Waals surface area contributed by atoms with Crippen LogP contribution >= 0.6 is 0 Å². The fourth-order valence-electron chi connectivity index (χ4n) is 1.62. The van der Waals surface area contributed by atoms with Crippen LogP contribution in [0.15, 0.2) is 18.2 Å². The van der Waals surface area contributed by atoms with Crippen LogP contribution in [0, 0.1) is 23.0 Å². The standard InChI is InChI=1S/C14H12F2N6/c1-22(2)14-20-12(19-13(18)21-14)9(7-17)5-8-3-4-10(15)6-11(8)16/h3-6H,1-2H3,(H2,18,19,20,21)/b9-5+. The summed E-state index contributed by atoms with van der Waals surface area (Å²) in [6.45, 7) is 0. The Kier molecular flexibility index (Phi) is 4.27. The predicted molar refractivity (Wildman–Crippen MR) is 78.4 cm³/mol. The van der Waals surface area contributed by atoms with Crippen LogP contribution in [-0.2, 0) is 0 Å². The number of halogens is 2. The normalized spacial score (nSPS) is 11.1. The zero-order chi connectivity index (χ0) is 16.3. The quantitative estimate of drug-likeness (QED) is 0.870. The molecule has 0 bridgehead atoms. The number of anilines is 2. The van der Waals surface area contributed by atoms with Gasteiger partial charge in [0.05, 0.1) is 5.57 Å². The van der Waals surface area contributed by atoms with Crippen LogP contribution in [0.1, 0.15) is 11.4 Å². The van der Waals surface area contributed by atoms with Crippen molar-refractivity contribution in [3.8, 4) is 6.07 Å². The third kappa shape index (κ3) is 3.32. The molecule has 22 heavy (non-hydrogen) atoms. The molecular weight excluding hydrogens is 290 g/mol. The summed E-state index contributed by atoms with van der Waals surface area (Å²) in [6.07, 6.45) is 1.23. The van der Waals surface area contributed by atoms with Gasteiger partial charge in [-0.15, -0.1) is 0 Å². The molecule has 1 aromatic heterocycles. The zero-order valence-corrected chi connectivity index (χ0v) is 11.9. The van der Waals surface area contributed by atoms with Gasteiger partial charge in [-0.05, 0) is 18.2 Å². The minimum Gasteiger partial charge on any atom is -0.368 e. The molecule has 0 aliphatic carbocycles. The van der Waals surface area contributed by atoms with Crippen molar-refractivity contribution in [2.45, 2.75) is 0 Å². The van der Waals surface area contributed by atoms with Gasteiger partial charge in [0.2, 0.25) is 11.9 Å². The van der Waals surface area contributed by atoms with Gasteiger partial charge in [-0.25, -0.2) is 8.78 Å². The number of hydrogen-bond donors (Lipinski definition) is 1. The highest BCUT2D eigenvalue weighted by molar-refractivity contribution is 5.87. The molecule has 0 aliphatic rings. The number of nitrogen functional groups attached to an aromatic ring is 1. The molecular formula is C14H12F2N6. The lowest BCUT2D eigenvalue weighted by Gasteiger charge is -2.11. The van der Waals surface area contributed by atoms with Gasteiger partial charge < -0.3 is 10.6 Å². The van der Waals surface area contributed by atoms with Gasteiger partial charge in [-0.3, -0.25) is 0 Å². The van der Waals surface area contributed by atoms with E-state index in [2.05, 4.69) is 15.0 Å². The Labute approximate surface area is 125 Å². The molecule has 0 aliphatic heterocycles. The molecule has 0 fully saturated rings. The number of rotatable bonds is 3. The molecule has 1 aromatic carbocycles. The van der Waals surface area contributed by atoms with E-state index in [4.69, 9.17) is 5.73 Å². The number of hydrogen-bond acceptors (Lipinski definition) is 6. The summed E-state index contributed by atoms with van der Waals surface area (Å²) in [4.78, 5) is 13.5. The maximum absolute atomic E-state index is 13.7. The van der Waals surface area contributed by atoms with E-state index in [1.54, 1.807) is 19.0 Å². The molecule has 0 atom stereocenters. The number of allylic oxidation sites excluding steroid dienone is 1. The Morgan fingerprint density at radius 2 is 2.00 bits per heavy atom. The van der Waals surface area contributed by atoms with Crippen LogP contribution in [0.2, 0.25) is 0 Å². The number of nitrogens with zero attached hydrogens (tertiary/aromatic N) is 5. The lowest BCUT2D eigenvalue weighted by atomic mass is 10.1. The summed E-state index contributed by atoms with van der Waals surface area (Å²) in [5.41, 5.74) is 5.62. The number of nitriles is 1. The van der Waals surface area contributed by atoms with E-state index in [1.807, 2.05) is 6.07 Å². The Balaban J connectivity index is 2.53. The molecule has 0 amide bonds. The van der Waals surface area contributed by atoms with Gasteiger partial charge in [0, 0.05) is 25.7 Å². The highest BCUT2D eigenvalue weighted by atomic mass is 19.1. The van der Waals surface area contributed by atoms with Gasteiger partial charge in [0.15, 0.2) is 5.82 Å². The lowest BCUT2D eigenvalue weighted by molar-refractivity contribution is 0.581. The van der Waals surface area contributed by atoms with Crippen molar-refractivity contribution < 1.29 is 8.78 Å².